The van der Waals surface area contributed by atoms with Gasteiger partial charge in [-0.05, 0) is 50.5 Å². The van der Waals surface area contributed by atoms with Crippen LogP contribution in [0, 0.1) is 28.6 Å². The number of nitrogens with zero attached hydrogens (tertiary/aromatic N) is 4. The zero-order valence-electron chi connectivity index (χ0n) is 18.5. The van der Waals surface area contributed by atoms with Crippen molar-refractivity contribution in [3.05, 3.63) is 18.3 Å². The van der Waals surface area contributed by atoms with Gasteiger partial charge in [-0.1, -0.05) is 0 Å². The summed E-state index contributed by atoms with van der Waals surface area (Å²) in [4.78, 5) is 22.3. The van der Waals surface area contributed by atoms with E-state index in [4.69, 9.17) is 0 Å². The maximum absolute atomic E-state index is 13.3. The minimum absolute atomic E-state index is 0.0121. The van der Waals surface area contributed by atoms with Crippen LogP contribution in [0.4, 0.5) is 11.5 Å². The van der Waals surface area contributed by atoms with Gasteiger partial charge in [0.2, 0.25) is 15.9 Å². The molecular weight excluding hydrogens is 440 g/mol. The lowest BCUT2D eigenvalue weighted by molar-refractivity contribution is -0.117. The predicted octanol–water partition coefficient (Wildman–Crippen LogP) is 2.45. The Hall–Kier alpha value is -2.64. The van der Waals surface area contributed by atoms with Gasteiger partial charge in [0.25, 0.3) is 0 Å². The number of carbonyl (C=O) groups excluding carboxylic acids is 1. The van der Waals surface area contributed by atoms with E-state index < -0.39 is 15.4 Å². The van der Waals surface area contributed by atoms with E-state index in [0.29, 0.717) is 43.3 Å². The fourth-order valence-electron chi connectivity index (χ4n) is 5.39. The maximum Gasteiger partial charge on any atom is 0.228 e. The van der Waals surface area contributed by atoms with E-state index >= 15 is 0 Å². The van der Waals surface area contributed by atoms with Crippen molar-refractivity contribution in [1.29, 1.82) is 5.26 Å². The summed E-state index contributed by atoms with van der Waals surface area (Å²) in [5.74, 6) is 0.891. The molecule has 33 heavy (non-hydrogen) atoms. The van der Waals surface area contributed by atoms with Crippen LogP contribution < -0.4 is 10.2 Å². The summed E-state index contributed by atoms with van der Waals surface area (Å²) in [6.07, 6.45) is 6.80. The normalized spacial score (nSPS) is 26.7. The molecule has 2 aromatic rings. The summed E-state index contributed by atoms with van der Waals surface area (Å²) >= 11 is 0. The van der Waals surface area contributed by atoms with Crippen molar-refractivity contribution in [3.63, 3.8) is 0 Å². The number of nitrogens with one attached hydrogen (secondary N) is 2. The average Bonchev–Trinajstić information content (AvgIpc) is 3.68. The second-order valence-electron chi connectivity index (χ2n) is 10.2. The van der Waals surface area contributed by atoms with Crippen molar-refractivity contribution in [1.82, 2.24) is 14.3 Å². The molecule has 174 valence electrons. The first-order valence-electron chi connectivity index (χ1n) is 11.8. The third-order valence-corrected chi connectivity index (χ3v) is 9.72. The smallest absolute Gasteiger partial charge is 0.228 e. The van der Waals surface area contributed by atoms with E-state index in [1.54, 1.807) is 4.31 Å². The number of aromatic amines is 1. The van der Waals surface area contributed by atoms with Crippen LogP contribution in [0.3, 0.4) is 0 Å². The van der Waals surface area contributed by atoms with E-state index in [2.05, 4.69) is 26.3 Å². The van der Waals surface area contributed by atoms with Crippen LogP contribution in [0.1, 0.15) is 38.5 Å². The number of rotatable bonds is 6. The third-order valence-electron chi connectivity index (χ3n) is 7.64. The predicted molar refractivity (Wildman–Crippen MR) is 124 cm³/mol. The van der Waals surface area contributed by atoms with E-state index in [1.165, 1.54) is 0 Å². The van der Waals surface area contributed by atoms with Crippen molar-refractivity contribution in [2.45, 2.75) is 44.6 Å². The molecule has 4 fully saturated rings. The number of pyridine rings is 1. The fraction of sp³-hybridized carbons (Fsp3) is 0.609. The number of sulfonamides is 1. The van der Waals surface area contributed by atoms with Crippen molar-refractivity contribution in [2.24, 2.45) is 17.3 Å². The Labute approximate surface area is 193 Å². The number of aromatic nitrogens is 2. The molecule has 2 aliphatic carbocycles. The van der Waals surface area contributed by atoms with Crippen molar-refractivity contribution in [3.8, 4) is 6.07 Å². The summed E-state index contributed by atoms with van der Waals surface area (Å²) in [6.45, 7) is 1.98. The number of fused-ring (bicyclic) bond motifs is 3. The molecule has 4 heterocycles. The third kappa shape index (κ3) is 3.87. The van der Waals surface area contributed by atoms with Gasteiger partial charge in [0.1, 0.15) is 11.5 Å². The largest absolute Gasteiger partial charge is 0.369 e. The molecule has 2 unspecified atom stereocenters. The summed E-state index contributed by atoms with van der Waals surface area (Å²) < 4.78 is 28.2. The standard InChI is InChI=1S/C23H28N6O3S/c24-13-23(5-6-23)14-33(31,32)29-11-15-4-8-28(12-17(29)9-15)19-10-20(27-22(30)16-1-2-16)26-21-18(19)3-7-25-21/h3,7,10,15-17H,1-2,4-6,8-9,11-12,14H2,(H2,25,26,27,30). The van der Waals surface area contributed by atoms with Crippen LogP contribution in [0.5, 0.6) is 0 Å². The van der Waals surface area contributed by atoms with Gasteiger partial charge in [0.15, 0.2) is 0 Å². The molecule has 6 rings (SSSR count). The maximum atomic E-state index is 13.3. The van der Waals surface area contributed by atoms with Crippen LogP contribution in [-0.2, 0) is 14.8 Å². The van der Waals surface area contributed by atoms with E-state index in [0.717, 1.165) is 43.3 Å². The minimum atomic E-state index is -3.49. The van der Waals surface area contributed by atoms with Gasteiger partial charge in [-0.3, -0.25) is 4.79 Å². The van der Waals surface area contributed by atoms with Crippen LogP contribution in [0.2, 0.25) is 0 Å². The molecule has 0 radical (unpaired) electrons. The molecule has 0 spiro atoms. The molecule has 4 aliphatic rings. The molecule has 2 aliphatic heterocycles. The number of H-pyrrole nitrogens is 1. The van der Waals surface area contributed by atoms with Crippen LogP contribution in [-0.4, -0.2) is 60.0 Å². The number of carbonyl (C=O) groups is 1. The summed E-state index contributed by atoms with van der Waals surface area (Å²) in [6, 6.07) is 6.02. The summed E-state index contributed by atoms with van der Waals surface area (Å²) in [7, 11) is -3.49. The van der Waals surface area contributed by atoms with Gasteiger partial charge in [-0.25, -0.2) is 13.4 Å². The second kappa shape index (κ2) is 7.43. The topological polar surface area (TPSA) is 122 Å². The first kappa shape index (κ1) is 20.9. The Morgan fingerprint density at radius 2 is 2.12 bits per heavy atom. The molecule has 2 saturated heterocycles. The number of hydrogen-bond acceptors (Lipinski definition) is 6. The first-order valence-corrected chi connectivity index (χ1v) is 13.4. The molecule has 0 aromatic carbocycles. The van der Waals surface area contributed by atoms with Gasteiger partial charge in [0.05, 0.1) is 22.9 Å². The van der Waals surface area contributed by atoms with Gasteiger partial charge in [-0.15, -0.1) is 0 Å². The lowest BCUT2D eigenvalue weighted by Crippen LogP contribution is -2.46. The Kier molecular flexibility index (Phi) is 4.72. The summed E-state index contributed by atoms with van der Waals surface area (Å²) in [5.41, 5.74) is 0.998. The average molecular weight is 469 g/mol. The molecule has 2 N–H and O–H groups in total. The van der Waals surface area contributed by atoms with E-state index in [1.807, 2.05) is 18.3 Å². The van der Waals surface area contributed by atoms with Crippen molar-refractivity contribution < 1.29 is 13.2 Å². The molecular formula is C23H28N6O3S. The first-order chi connectivity index (χ1) is 15.9. The Balaban J connectivity index is 1.28. The van der Waals surface area contributed by atoms with Gasteiger partial charge in [0, 0.05) is 49.2 Å². The van der Waals surface area contributed by atoms with E-state index in [9.17, 15) is 18.5 Å². The Morgan fingerprint density at radius 3 is 2.85 bits per heavy atom. The van der Waals surface area contributed by atoms with Crippen LogP contribution >= 0.6 is 0 Å². The zero-order chi connectivity index (χ0) is 22.8. The monoisotopic (exact) mass is 468 g/mol. The number of nitriles is 1. The van der Waals surface area contributed by atoms with Crippen molar-refractivity contribution in [2.75, 3.05) is 35.6 Å². The Bertz CT molecular complexity index is 1260. The molecule has 2 aromatic heterocycles. The second-order valence-corrected chi connectivity index (χ2v) is 12.2. The molecule has 9 nitrogen and oxygen atoms in total. The SMILES string of the molecule is N#CC1(CS(=O)(=O)N2CC3CCN(c4cc(NC(=O)C5CC5)nc5[nH]ccc45)CC2C3)CC1. The van der Waals surface area contributed by atoms with Gasteiger partial charge >= 0.3 is 0 Å². The van der Waals surface area contributed by atoms with Gasteiger partial charge in [-0.2, -0.15) is 9.57 Å². The van der Waals surface area contributed by atoms with Gasteiger partial charge < -0.3 is 15.2 Å². The molecule has 2 atom stereocenters. The summed E-state index contributed by atoms with van der Waals surface area (Å²) in [5, 5.41) is 13.3. The molecule has 10 heteroatoms. The molecule has 2 bridgehead atoms. The lowest BCUT2D eigenvalue weighted by atomic mass is 10.0. The number of amides is 1. The van der Waals surface area contributed by atoms with E-state index in [-0.39, 0.29) is 23.6 Å². The fourth-order valence-corrected chi connectivity index (χ4v) is 7.65. The minimum Gasteiger partial charge on any atom is -0.369 e. The molecule has 1 amide bonds. The number of anilines is 2. The zero-order valence-corrected chi connectivity index (χ0v) is 19.3. The highest BCUT2D eigenvalue weighted by Crippen LogP contribution is 2.47. The highest BCUT2D eigenvalue weighted by atomic mass is 32.2. The quantitative estimate of drug-likeness (QED) is 0.671. The van der Waals surface area contributed by atoms with Crippen LogP contribution in [0.25, 0.3) is 11.0 Å². The number of hydrogen-bond donors (Lipinski definition) is 2. The Morgan fingerprint density at radius 1 is 1.30 bits per heavy atom. The lowest BCUT2D eigenvalue weighted by Gasteiger charge is -2.33. The highest BCUT2D eigenvalue weighted by Gasteiger charge is 2.51. The van der Waals surface area contributed by atoms with Crippen LogP contribution in [0.15, 0.2) is 18.3 Å². The highest BCUT2D eigenvalue weighted by molar-refractivity contribution is 7.89. The molecule has 2 saturated carbocycles. The van der Waals surface area contributed by atoms with Crippen molar-refractivity contribution >= 4 is 38.5 Å².